The first kappa shape index (κ1) is 18.1. The molecule has 2 aliphatic heterocycles. The van der Waals surface area contributed by atoms with E-state index in [2.05, 4.69) is 71.7 Å². The van der Waals surface area contributed by atoms with Crippen LogP contribution in [0.25, 0.3) is 0 Å². The summed E-state index contributed by atoms with van der Waals surface area (Å²) in [6.07, 6.45) is 3.17. The van der Waals surface area contributed by atoms with Crippen LogP contribution in [0.3, 0.4) is 0 Å². The lowest BCUT2D eigenvalue weighted by molar-refractivity contribution is 0.188. The topological polar surface area (TPSA) is 35.6 Å². The van der Waals surface area contributed by atoms with E-state index in [0.29, 0.717) is 0 Å². The predicted molar refractivity (Wildman–Crippen MR) is 109 cm³/mol. The van der Waals surface area contributed by atoms with Gasteiger partial charge < -0.3 is 10.2 Å². The van der Waals surface area contributed by atoms with Gasteiger partial charge in [-0.3, -0.25) is 4.90 Å². The van der Waals surface area contributed by atoms with Gasteiger partial charge in [-0.15, -0.1) is 0 Å². The van der Waals surface area contributed by atoms with Gasteiger partial charge in [-0.05, 0) is 42.9 Å². The molecule has 142 valence electrons. The van der Waals surface area contributed by atoms with Crippen LogP contribution in [-0.4, -0.2) is 41.5 Å². The zero-order valence-corrected chi connectivity index (χ0v) is 16.1. The Kier molecular flexibility index (Phi) is 5.44. The number of rotatable bonds is 4. The molecule has 2 aliphatic rings. The Hall–Kier alpha value is -2.33. The first-order valence-electron chi connectivity index (χ1n) is 10.1. The zero-order valence-electron chi connectivity index (χ0n) is 16.1. The largest absolute Gasteiger partial charge is 0.334 e. The molecule has 4 heteroatoms. The molecule has 0 spiro atoms. The highest BCUT2D eigenvalue weighted by Crippen LogP contribution is 2.33. The minimum atomic E-state index is 0.104. The Labute approximate surface area is 162 Å². The number of carbonyl (C=O) groups excluding carboxylic acids is 1. The van der Waals surface area contributed by atoms with Crippen LogP contribution < -0.4 is 5.32 Å². The van der Waals surface area contributed by atoms with Gasteiger partial charge in [0.1, 0.15) is 0 Å². The molecular weight excluding hydrogens is 334 g/mol. The van der Waals surface area contributed by atoms with Crippen molar-refractivity contribution in [3.05, 3.63) is 71.3 Å². The van der Waals surface area contributed by atoms with Gasteiger partial charge in [0, 0.05) is 32.2 Å². The van der Waals surface area contributed by atoms with Crippen molar-refractivity contribution in [2.75, 3.05) is 19.6 Å². The number of benzene rings is 2. The molecule has 4 nitrogen and oxygen atoms in total. The lowest BCUT2D eigenvalue weighted by Crippen LogP contribution is -2.45. The van der Waals surface area contributed by atoms with Gasteiger partial charge in [0.15, 0.2) is 0 Å². The van der Waals surface area contributed by atoms with E-state index in [1.807, 2.05) is 4.90 Å². The second kappa shape index (κ2) is 8.13. The van der Waals surface area contributed by atoms with E-state index in [0.717, 1.165) is 45.4 Å². The van der Waals surface area contributed by atoms with Crippen LogP contribution >= 0.6 is 0 Å². The smallest absolute Gasteiger partial charge is 0.318 e. The third kappa shape index (κ3) is 4.16. The highest BCUT2D eigenvalue weighted by Gasteiger charge is 2.33. The van der Waals surface area contributed by atoms with Gasteiger partial charge in [0.25, 0.3) is 0 Å². The predicted octanol–water partition coefficient (Wildman–Crippen LogP) is 4.12. The summed E-state index contributed by atoms with van der Waals surface area (Å²) in [5.74, 6) is 0. The number of nitrogens with one attached hydrogen (secondary N) is 1. The van der Waals surface area contributed by atoms with Crippen LogP contribution in [0.1, 0.15) is 42.0 Å². The maximum absolute atomic E-state index is 13.0. The van der Waals surface area contributed by atoms with Crippen molar-refractivity contribution >= 4 is 6.03 Å². The molecule has 0 radical (unpaired) electrons. The maximum atomic E-state index is 13.0. The number of aryl methyl sites for hydroxylation is 1. The highest BCUT2D eigenvalue weighted by atomic mass is 16.2. The van der Waals surface area contributed by atoms with Gasteiger partial charge >= 0.3 is 6.03 Å². The van der Waals surface area contributed by atoms with Crippen molar-refractivity contribution in [2.24, 2.45) is 0 Å². The Morgan fingerprint density at radius 3 is 2.63 bits per heavy atom. The minimum Gasteiger partial charge on any atom is -0.334 e. The molecule has 2 unspecified atom stereocenters. The highest BCUT2D eigenvalue weighted by molar-refractivity contribution is 5.75. The first-order valence-corrected chi connectivity index (χ1v) is 10.1. The van der Waals surface area contributed by atoms with Crippen molar-refractivity contribution in [3.63, 3.8) is 0 Å². The quantitative estimate of drug-likeness (QED) is 0.887. The SMILES string of the molecule is Cc1ccccc1C1CCCN1C(=O)NC1CCN(Cc2ccccc2)C1. The van der Waals surface area contributed by atoms with E-state index < -0.39 is 0 Å². The number of likely N-dealkylation sites (tertiary alicyclic amines) is 2. The molecule has 2 saturated heterocycles. The number of amides is 2. The van der Waals surface area contributed by atoms with E-state index >= 15 is 0 Å². The van der Waals surface area contributed by atoms with Crippen LogP contribution in [0, 0.1) is 6.92 Å². The molecule has 1 N–H and O–H groups in total. The molecular formula is C23H29N3O. The van der Waals surface area contributed by atoms with E-state index in [4.69, 9.17) is 0 Å². The van der Waals surface area contributed by atoms with E-state index in [-0.39, 0.29) is 18.1 Å². The Morgan fingerprint density at radius 1 is 1.04 bits per heavy atom. The molecule has 2 atom stereocenters. The second-order valence-corrected chi connectivity index (χ2v) is 7.86. The number of hydrogen-bond acceptors (Lipinski definition) is 2. The first-order chi connectivity index (χ1) is 13.2. The average Bonchev–Trinajstić information content (AvgIpc) is 3.33. The summed E-state index contributed by atoms with van der Waals surface area (Å²) in [4.78, 5) is 17.4. The van der Waals surface area contributed by atoms with Crippen molar-refractivity contribution in [2.45, 2.75) is 44.8 Å². The Morgan fingerprint density at radius 2 is 1.81 bits per heavy atom. The fourth-order valence-corrected chi connectivity index (χ4v) is 4.49. The van der Waals surface area contributed by atoms with Crippen molar-refractivity contribution in [1.82, 2.24) is 15.1 Å². The summed E-state index contributed by atoms with van der Waals surface area (Å²) < 4.78 is 0. The van der Waals surface area contributed by atoms with E-state index in [9.17, 15) is 4.79 Å². The summed E-state index contributed by atoms with van der Waals surface area (Å²) in [7, 11) is 0. The molecule has 4 rings (SSSR count). The monoisotopic (exact) mass is 363 g/mol. The van der Waals surface area contributed by atoms with Crippen molar-refractivity contribution in [1.29, 1.82) is 0 Å². The van der Waals surface area contributed by atoms with Gasteiger partial charge in [-0.25, -0.2) is 4.79 Å². The second-order valence-electron chi connectivity index (χ2n) is 7.86. The number of hydrogen-bond donors (Lipinski definition) is 1. The van der Waals surface area contributed by atoms with Crippen LogP contribution in [0.5, 0.6) is 0 Å². The van der Waals surface area contributed by atoms with Gasteiger partial charge in [-0.1, -0.05) is 54.6 Å². The van der Waals surface area contributed by atoms with Crippen molar-refractivity contribution in [3.8, 4) is 0 Å². The fraction of sp³-hybridized carbons (Fsp3) is 0.435. The van der Waals surface area contributed by atoms with Crippen LogP contribution in [0.15, 0.2) is 54.6 Å². The zero-order chi connectivity index (χ0) is 18.6. The summed E-state index contributed by atoms with van der Waals surface area (Å²) in [5.41, 5.74) is 3.91. The lowest BCUT2D eigenvalue weighted by Gasteiger charge is -2.28. The van der Waals surface area contributed by atoms with E-state index in [1.54, 1.807) is 0 Å². The summed E-state index contributed by atoms with van der Waals surface area (Å²) in [6, 6.07) is 19.6. The average molecular weight is 364 g/mol. The maximum Gasteiger partial charge on any atom is 0.318 e. The normalized spacial score (nSPS) is 22.9. The molecule has 2 heterocycles. The third-order valence-corrected chi connectivity index (χ3v) is 5.91. The van der Waals surface area contributed by atoms with Crippen LogP contribution in [0.4, 0.5) is 4.79 Å². The number of carbonyl (C=O) groups is 1. The summed E-state index contributed by atoms with van der Waals surface area (Å²) >= 11 is 0. The summed E-state index contributed by atoms with van der Waals surface area (Å²) in [5, 5.41) is 3.30. The Balaban J connectivity index is 1.34. The number of nitrogens with zero attached hydrogens (tertiary/aromatic N) is 2. The molecule has 0 aliphatic carbocycles. The van der Waals surface area contributed by atoms with Gasteiger partial charge in [0.05, 0.1) is 6.04 Å². The molecule has 0 aromatic heterocycles. The third-order valence-electron chi connectivity index (χ3n) is 5.91. The molecule has 27 heavy (non-hydrogen) atoms. The molecule has 2 amide bonds. The Bertz CT molecular complexity index is 776. The molecule has 0 bridgehead atoms. The van der Waals surface area contributed by atoms with Crippen LogP contribution in [0.2, 0.25) is 0 Å². The fourth-order valence-electron chi connectivity index (χ4n) is 4.49. The molecule has 2 fully saturated rings. The van der Waals surface area contributed by atoms with Gasteiger partial charge in [-0.2, -0.15) is 0 Å². The molecule has 0 saturated carbocycles. The van der Waals surface area contributed by atoms with Crippen molar-refractivity contribution < 1.29 is 4.79 Å². The summed E-state index contributed by atoms with van der Waals surface area (Å²) in [6.45, 7) is 5.93. The lowest BCUT2D eigenvalue weighted by atomic mass is 9.99. The number of urea groups is 1. The minimum absolute atomic E-state index is 0.104. The van der Waals surface area contributed by atoms with Gasteiger partial charge in [0.2, 0.25) is 0 Å². The van der Waals surface area contributed by atoms with Crippen LogP contribution in [-0.2, 0) is 6.54 Å². The standard InChI is InChI=1S/C23H29N3O/c1-18-8-5-6-11-21(18)22-12-7-14-26(22)23(27)24-20-13-15-25(17-20)16-19-9-3-2-4-10-19/h2-6,8-11,20,22H,7,12-17H2,1H3,(H,24,27). The molecule has 2 aromatic carbocycles. The van der Waals surface area contributed by atoms with E-state index in [1.165, 1.54) is 16.7 Å². The molecule has 2 aromatic rings.